The maximum Gasteiger partial charge on any atom is 0.258 e. The van der Waals surface area contributed by atoms with E-state index in [1.165, 1.54) is 5.56 Å². The van der Waals surface area contributed by atoms with E-state index in [1.807, 2.05) is 62.4 Å². The van der Waals surface area contributed by atoms with Gasteiger partial charge in [0.05, 0.1) is 0 Å². The largest absolute Gasteiger partial charge is 0.484 e. The first-order valence-electron chi connectivity index (χ1n) is 7.33. The molecule has 5 heteroatoms. The van der Waals surface area contributed by atoms with E-state index >= 15 is 0 Å². The highest BCUT2D eigenvalue weighted by molar-refractivity contribution is 5.85. The normalized spacial score (nSPS) is 11.3. The zero-order valence-corrected chi connectivity index (χ0v) is 14.2. The molecule has 23 heavy (non-hydrogen) atoms. The maximum absolute atomic E-state index is 11.8. The number of nitrogens with one attached hydrogen (secondary N) is 1. The van der Waals surface area contributed by atoms with Crippen LogP contribution in [0.4, 0.5) is 0 Å². The van der Waals surface area contributed by atoms with Crippen LogP contribution in [0.1, 0.15) is 22.7 Å². The van der Waals surface area contributed by atoms with Gasteiger partial charge in [-0.05, 0) is 31.0 Å². The molecule has 1 unspecified atom stereocenters. The number of carbonyl (C=O) groups excluding carboxylic acids is 1. The lowest BCUT2D eigenvalue weighted by Gasteiger charge is -2.14. The van der Waals surface area contributed by atoms with E-state index in [4.69, 9.17) is 10.5 Å². The summed E-state index contributed by atoms with van der Waals surface area (Å²) in [5.74, 6) is 0.555. The van der Waals surface area contributed by atoms with Crippen LogP contribution in [-0.4, -0.2) is 19.1 Å². The number of aryl methyl sites for hydroxylation is 2. The highest BCUT2D eigenvalue weighted by atomic mass is 35.5. The van der Waals surface area contributed by atoms with E-state index in [-0.39, 0.29) is 31.0 Å². The second-order valence-electron chi connectivity index (χ2n) is 5.38. The Balaban J connectivity index is 0.00000264. The van der Waals surface area contributed by atoms with Crippen LogP contribution in [0.3, 0.4) is 0 Å². The van der Waals surface area contributed by atoms with Crippen molar-refractivity contribution in [2.45, 2.75) is 19.9 Å². The highest BCUT2D eigenvalue weighted by Gasteiger charge is 2.09. The number of halogens is 1. The molecule has 2 rings (SSSR count). The van der Waals surface area contributed by atoms with Gasteiger partial charge in [-0.3, -0.25) is 4.79 Å². The number of rotatable bonds is 6. The first kappa shape index (κ1) is 19.0. The number of hydrogen-bond donors (Lipinski definition) is 2. The predicted octanol–water partition coefficient (Wildman–Crippen LogP) is 2.92. The molecule has 0 aromatic heterocycles. The summed E-state index contributed by atoms with van der Waals surface area (Å²) in [5, 5.41) is 2.79. The Bertz CT molecular complexity index is 632. The average Bonchev–Trinajstić information content (AvgIpc) is 2.52. The summed E-state index contributed by atoms with van der Waals surface area (Å²) in [6.07, 6.45) is 0. The van der Waals surface area contributed by atoms with Crippen LogP contribution >= 0.6 is 12.4 Å². The molecular formula is C18H23ClN2O2. The fourth-order valence-electron chi connectivity index (χ4n) is 2.20. The third-order valence-corrected chi connectivity index (χ3v) is 3.44. The molecule has 2 aromatic carbocycles. The molecule has 0 radical (unpaired) electrons. The number of nitrogens with two attached hydrogens (primary N) is 1. The van der Waals surface area contributed by atoms with Crippen molar-refractivity contribution < 1.29 is 9.53 Å². The number of ether oxygens (including phenoxy) is 1. The van der Waals surface area contributed by atoms with Crippen LogP contribution in [0.15, 0.2) is 48.5 Å². The van der Waals surface area contributed by atoms with Gasteiger partial charge in [-0.1, -0.05) is 48.0 Å². The average molecular weight is 335 g/mol. The van der Waals surface area contributed by atoms with Crippen LogP contribution in [0.5, 0.6) is 5.75 Å². The summed E-state index contributed by atoms with van der Waals surface area (Å²) >= 11 is 0. The minimum absolute atomic E-state index is 0. The van der Waals surface area contributed by atoms with Gasteiger partial charge in [0.25, 0.3) is 5.91 Å². The zero-order valence-electron chi connectivity index (χ0n) is 13.4. The highest BCUT2D eigenvalue weighted by Crippen LogP contribution is 2.18. The minimum Gasteiger partial charge on any atom is -0.484 e. The third kappa shape index (κ3) is 5.93. The van der Waals surface area contributed by atoms with E-state index in [1.54, 1.807) is 0 Å². The first-order valence-corrected chi connectivity index (χ1v) is 7.33. The number of hydrogen-bond acceptors (Lipinski definition) is 3. The van der Waals surface area contributed by atoms with E-state index in [2.05, 4.69) is 5.32 Å². The van der Waals surface area contributed by atoms with Gasteiger partial charge in [0.2, 0.25) is 0 Å². The molecule has 0 bridgehead atoms. The summed E-state index contributed by atoms with van der Waals surface area (Å²) in [4.78, 5) is 11.8. The summed E-state index contributed by atoms with van der Waals surface area (Å²) in [6.45, 7) is 4.37. The molecule has 0 aliphatic heterocycles. The molecule has 0 spiro atoms. The van der Waals surface area contributed by atoms with Gasteiger partial charge in [0, 0.05) is 12.6 Å². The Morgan fingerprint density at radius 3 is 2.52 bits per heavy atom. The van der Waals surface area contributed by atoms with Gasteiger partial charge in [-0.2, -0.15) is 0 Å². The SMILES string of the molecule is Cc1ccc(OCC(=O)NCC(N)c2ccccc2)c(C)c1.Cl. The van der Waals surface area contributed by atoms with Crippen molar-refractivity contribution in [3.63, 3.8) is 0 Å². The first-order chi connectivity index (χ1) is 10.6. The minimum atomic E-state index is -0.216. The molecule has 0 fully saturated rings. The molecule has 0 heterocycles. The van der Waals surface area contributed by atoms with Gasteiger partial charge < -0.3 is 15.8 Å². The zero-order chi connectivity index (χ0) is 15.9. The van der Waals surface area contributed by atoms with Crippen molar-refractivity contribution in [3.05, 3.63) is 65.2 Å². The lowest BCUT2D eigenvalue weighted by molar-refractivity contribution is -0.123. The van der Waals surface area contributed by atoms with Gasteiger partial charge in [0.1, 0.15) is 5.75 Å². The second kappa shape index (κ2) is 9.18. The molecule has 3 N–H and O–H groups in total. The summed E-state index contributed by atoms with van der Waals surface area (Å²) in [7, 11) is 0. The molecule has 0 saturated carbocycles. The quantitative estimate of drug-likeness (QED) is 0.853. The Morgan fingerprint density at radius 2 is 1.87 bits per heavy atom. The molecule has 1 amide bonds. The lowest BCUT2D eigenvalue weighted by Crippen LogP contribution is -2.35. The van der Waals surface area contributed by atoms with Crippen molar-refractivity contribution in [2.75, 3.05) is 13.2 Å². The van der Waals surface area contributed by atoms with E-state index < -0.39 is 0 Å². The molecule has 0 aliphatic rings. The number of benzene rings is 2. The molecular weight excluding hydrogens is 312 g/mol. The monoisotopic (exact) mass is 334 g/mol. The molecule has 124 valence electrons. The van der Waals surface area contributed by atoms with Crippen molar-refractivity contribution in [1.29, 1.82) is 0 Å². The van der Waals surface area contributed by atoms with E-state index in [9.17, 15) is 4.79 Å². The Kier molecular flexibility index (Phi) is 7.59. The van der Waals surface area contributed by atoms with Gasteiger partial charge in [-0.25, -0.2) is 0 Å². The maximum atomic E-state index is 11.8. The van der Waals surface area contributed by atoms with Crippen molar-refractivity contribution in [2.24, 2.45) is 5.73 Å². The van der Waals surface area contributed by atoms with Crippen LogP contribution in [0.2, 0.25) is 0 Å². The number of amides is 1. The summed E-state index contributed by atoms with van der Waals surface area (Å²) < 4.78 is 5.54. The Morgan fingerprint density at radius 1 is 1.17 bits per heavy atom. The van der Waals surface area contributed by atoms with Gasteiger partial charge in [-0.15, -0.1) is 12.4 Å². The van der Waals surface area contributed by atoms with Crippen LogP contribution in [0.25, 0.3) is 0 Å². The summed E-state index contributed by atoms with van der Waals surface area (Å²) in [6, 6.07) is 15.3. The Labute approximate surface area is 143 Å². The topological polar surface area (TPSA) is 64.3 Å². The molecule has 2 aromatic rings. The lowest BCUT2D eigenvalue weighted by atomic mass is 10.1. The van der Waals surface area contributed by atoms with E-state index in [0.717, 1.165) is 16.9 Å². The van der Waals surface area contributed by atoms with Crippen molar-refractivity contribution in [3.8, 4) is 5.75 Å². The molecule has 1 atom stereocenters. The third-order valence-electron chi connectivity index (χ3n) is 3.44. The van der Waals surface area contributed by atoms with Gasteiger partial charge >= 0.3 is 0 Å². The summed E-state index contributed by atoms with van der Waals surface area (Å²) in [5.41, 5.74) is 9.23. The van der Waals surface area contributed by atoms with Crippen molar-refractivity contribution >= 4 is 18.3 Å². The molecule has 0 aliphatic carbocycles. The standard InChI is InChI=1S/C18H22N2O2.ClH/c1-13-8-9-17(14(2)10-13)22-12-18(21)20-11-16(19)15-6-4-3-5-7-15;/h3-10,16H,11-12,19H2,1-2H3,(H,20,21);1H. The Hall–Kier alpha value is -2.04. The van der Waals surface area contributed by atoms with Crippen LogP contribution in [-0.2, 0) is 4.79 Å². The molecule has 4 nitrogen and oxygen atoms in total. The fourth-order valence-corrected chi connectivity index (χ4v) is 2.20. The van der Waals surface area contributed by atoms with Crippen LogP contribution in [0, 0.1) is 13.8 Å². The fraction of sp³-hybridized carbons (Fsp3) is 0.278. The predicted molar refractivity (Wildman–Crippen MR) is 95.0 cm³/mol. The van der Waals surface area contributed by atoms with Gasteiger partial charge in [0.15, 0.2) is 6.61 Å². The van der Waals surface area contributed by atoms with Crippen LogP contribution < -0.4 is 15.8 Å². The number of carbonyl (C=O) groups is 1. The second-order valence-corrected chi connectivity index (χ2v) is 5.38. The van der Waals surface area contributed by atoms with Crippen molar-refractivity contribution in [1.82, 2.24) is 5.32 Å². The van der Waals surface area contributed by atoms with E-state index in [0.29, 0.717) is 6.54 Å². The molecule has 0 saturated heterocycles. The smallest absolute Gasteiger partial charge is 0.258 e.